The van der Waals surface area contributed by atoms with Crippen LogP contribution in [-0.2, 0) is 13.0 Å². The number of fused-ring (bicyclic) bond motifs is 1. The van der Waals surface area contributed by atoms with Gasteiger partial charge in [-0.1, -0.05) is 0 Å². The van der Waals surface area contributed by atoms with E-state index in [4.69, 9.17) is 4.98 Å². The molecule has 17 heavy (non-hydrogen) atoms. The molecule has 0 bridgehead atoms. The molecule has 0 aromatic carbocycles. The van der Waals surface area contributed by atoms with Crippen LogP contribution in [0.3, 0.4) is 0 Å². The molecule has 1 aliphatic rings. The molecule has 0 spiro atoms. The molecule has 88 valence electrons. The molecule has 3 rings (SSSR count). The van der Waals surface area contributed by atoms with Crippen LogP contribution in [0.2, 0.25) is 0 Å². The van der Waals surface area contributed by atoms with Crippen molar-refractivity contribution in [2.24, 2.45) is 0 Å². The summed E-state index contributed by atoms with van der Waals surface area (Å²) in [5.41, 5.74) is 3.58. The molecule has 0 atom stereocenters. The Kier molecular flexibility index (Phi) is 2.98. The molecule has 0 saturated heterocycles. The second-order valence-electron chi connectivity index (χ2n) is 4.09. The Labute approximate surface area is 112 Å². The van der Waals surface area contributed by atoms with Gasteiger partial charge in [0.1, 0.15) is 0 Å². The summed E-state index contributed by atoms with van der Waals surface area (Å²) in [5, 5.41) is 3.36. The lowest BCUT2D eigenvalue weighted by atomic mass is 10.1. The first-order valence-corrected chi connectivity index (χ1v) is 7.18. The Hall–Kier alpha value is -0.780. The van der Waals surface area contributed by atoms with E-state index in [2.05, 4.69) is 39.2 Å². The topological polar surface area (TPSA) is 37.8 Å². The first-order valence-electron chi connectivity index (χ1n) is 5.57. The number of nitrogens with one attached hydrogen (secondary N) is 1. The van der Waals surface area contributed by atoms with Gasteiger partial charge in [-0.15, -0.1) is 11.3 Å². The molecule has 3 nitrogen and oxygen atoms in total. The lowest BCUT2D eigenvalue weighted by molar-refractivity contribution is 0.622. The van der Waals surface area contributed by atoms with Crippen LogP contribution in [0, 0.1) is 6.92 Å². The Morgan fingerprint density at radius 3 is 3.00 bits per heavy atom. The molecule has 0 aliphatic carbocycles. The number of nitrogens with zero attached hydrogens (tertiary/aromatic N) is 2. The molecule has 3 heterocycles. The van der Waals surface area contributed by atoms with Crippen molar-refractivity contribution in [3.63, 3.8) is 0 Å². The fourth-order valence-corrected chi connectivity index (χ4v) is 3.38. The molecule has 0 amide bonds. The summed E-state index contributed by atoms with van der Waals surface area (Å²) in [7, 11) is 0. The quantitative estimate of drug-likeness (QED) is 0.880. The van der Waals surface area contributed by atoms with Crippen molar-refractivity contribution >= 4 is 27.3 Å². The van der Waals surface area contributed by atoms with E-state index >= 15 is 0 Å². The first-order chi connectivity index (χ1) is 8.24. The van der Waals surface area contributed by atoms with Gasteiger partial charge in [-0.3, -0.25) is 0 Å². The van der Waals surface area contributed by atoms with Crippen molar-refractivity contribution in [3.8, 4) is 10.7 Å². The normalized spacial score (nSPS) is 14.7. The summed E-state index contributed by atoms with van der Waals surface area (Å²) in [6.07, 6.45) is 0.998. The van der Waals surface area contributed by atoms with Gasteiger partial charge in [0.25, 0.3) is 0 Å². The van der Waals surface area contributed by atoms with Crippen molar-refractivity contribution < 1.29 is 0 Å². The fourth-order valence-electron chi connectivity index (χ4n) is 2.06. The van der Waals surface area contributed by atoms with Gasteiger partial charge in [-0.05, 0) is 35.0 Å². The average Bonchev–Trinajstić information content (AvgIpc) is 2.76. The summed E-state index contributed by atoms with van der Waals surface area (Å²) in [6.45, 7) is 3.98. The molecule has 0 unspecified atom stereocenters. The zero-order chi connectivity index (χ0) is 11.8. The monoisotopic (exact) mass is 309 g/mol. The molecular formula is C12H12BrN3S. The summed E-state index contributed by atoms with van der Waals surface area (Å²) in [5.74, 6) is 0.860. The van der Waals surface area contributed by atoms with E-state index in [-0.39, 0.29) is 0 Å². The molecule has 0 radical (unpaired) electrons. The maximum atomic E-state index is 4.70. The minimum atomic E-state index is 0.860. The molecule has 0 fully saturated rings. The number of aromatic nitrogens is 2. The van der Waals surface area contributed by atoms with Crippen LogP contribution in [0.15, 0.2) is 15.9 Å². The van der Waals surface area contributed by atoms with Gasteiger partial charge < -0.3 is 5.32 Å². The van der Waals surface area contributed by atoms with Crippen molar-refractivity contribution in [1.29, 1.82) is 0 Å². The number of aryl methyl sites for hydroxylation is 1. The van der Waals surface area contributed by atoms with E-state index in [0.29, 0.717) is 0 Å². The van der Waals surface area contributed by atoms with Gasteiger partial charge in [-0.25, -0.2) is 9.97 Å². The minimum Gasteiger partial charge on any atom is -0.312 e. The van der Waals surface area contributed by atoms with E-state index in [1.807, 2.05) is 6.07 Å². The number of rotatable bonds is 1. The largest absolute Gasteiger partial charge is 0.312 e. The lowest BCUT2D eigenvalue weighted by Crippen LogP contribution is -2.26. The average molecular weight is 310 g/mol. The highest BCUT2D eigenvalue weighted by Gasteiger charge is 2.16. The molecule has 5 heteroatoms. The fraction of sp³-hybridized carbons (Fsp3) is 0.333. The van der Waals surface area contributed by atoms with Crippen LogP contribution in [0.5, 0.6) is 0 Å². The summed E-state index contributed by atoms with van der Waals surface area (Å²) < 4.78 is 1.12. The van der Waals surface area contributed by atoms with E-state index in [1.165, 1.54) is 11.3 Å². The van der Waals surface area contributed by atoms with Gasteiger partial charge in [0.15, 0.2) is 5.82 Å². The highest BCUT2D eigenvalue weighted by molar-refractivity contribution is 9.11. The van der Waals surface area contributed by atoms with E-state index in [1.54, 1.807) is 11.3 Å². The SMILES string of the molecule is Cc1nc(-c2ccc(Br)s2)nc2c1CNCC2. The van der Waals surface area contributed by atoms with Gasteiger partial charge in [-0.2, -0.15) is 0 Å². The Morgan fingerprint density at radius 1 is 1.35 bits per heavy atom. The summed E-state index contributed by atoms with van der Waals surface area (Å²) >= 11 is 5.15. The van der Waals surface area contributed by atoms with Gasteiger partial charge in [0.2, 0.25) is 0 Å². The van der Waals surface area contributed by atoms with Gasteiger partial charge in [0, 0.05) is 30.8 Å². The zero-order valence-electron chi connectivity index (χ0n) is 9.46. The first kappa shape index (κ1) is 11.3. The number of halogens is 1. The maximum absolute atomic E-state index is 4.70. The van der Waals surface area contributed by atoms with Crippen molar-refractivity contribution in [3.05, 3.63) is 32.9 Å². The lowest BCUT2D eigenvalue weighted by Gasteiger charge is -2.18. The third-order valence-corrected chi connectivity index (χ3v) is 4.55. The second kappa shape index (κ2) is 4.48. The van der Waals surface area contributed by atoms with Gasteiger partial charge in [0.05, 0.1) is 14.4 Å². The van der Waals surface area contributed by atoms with Gasteiger partial charge >= 0.3 is 0 Å². The highest BCUT2D eigenvalue weighted by Crippen LogP contribution is 2.30. The Bertz CT molecular complexity index is 565. The van der Waals surface area contributed by atoms with Crippen LogP contribution in [0.25, 0.3) is 10.7 Å². The molecule has 1 N–H and O–H groups in total. The minimum absolute atomic E-state index is 0.860. The summed E-state index contributed by atoms with van der Waals surface area (Å²) in [6, 6.07) is 4.11. The highest BCUT2D eigenvalue weighted by atomic mass is 79.9. The van der Waals surface area contributed by atoms with Crippen molar-refractivity contribution in [1.82, 2.24) is 15.3 Å². The molecule has 1 aliphatic heterocycles. The standard InChI is InChI=1S/C12H12BrN3S/c1-7-8-6-14-5-4-9(8)16-12(15-7)10-2-3-11(13)17-10/h2-3,14H,4-6H2,1H3. The van der Waals surface area contributed by atoms with Crippen molar-refractivity contribution in [2.45, 2.75) is 19.9 Å². The number of hydrogen-bond acceptors (Lipinski definition) is 4. The van der Waals surface area contributed by atoms with Crippen LogP contribution in [-0.4, -0.2) is 16.5 Å². The molecule has 2 aromatic rings. The predicted octanol–water partition coefficient (Wildman–Crippen LogP) is 2.92. The van der Waals surface area contributed by atoms with E-state index in [9.17, 15) is 0 Å². The Morgan fingerprint density at radius 2 is 2.24 bits per heavy atom. The van der Waals surface area contributed by atoms with E-state index < -0.39 is 0 Å². The molecule has 0 saturated carbocycles. The second-order valence-corrected chi connectivity index (χ2v) is 6.55. The molecular weight excluding hydrogens is 298 g/mol. The number of thiophene rings is 1. The van der Waals surface area contributed by atoms with Crippen LogP contribution in [0.1, 0.15) is 17.0 Å². The zero-order valence-corrected chi connectivity index (χ0v) is 11.9. The third-order valence-electron chi connectivity index (χ3n) is 2.93. The van der Waals surface area contributed by atoms with Crippen LogP contribution in [0.4, 0.5) is 0 Å². The van der Waals surface area contributed by atoms with E-state index in [0.717, 1.165) is 39.7 Å². The predicted molar refractivity (Wildman–Crippen MR) is 73.2 cm³/mol. The smallest absolute Gasteiger partial charge is 0.169 e. The van der Waals surface area contributed by atoms with Crippen LogP contribution >= 0.6 is 27.3 Å². The Balaban J connectivity index is 2.10. The number of hydrogen-bond donors (Lipinski definition) is 1. The third kappa shape index (κ3) is 2.14. The maximum Gasteiger partial charge on any atom is 0.169 e. The van der Waals surface area contributed by atoms with Crippen LogP contribution < -0.4 is 5.32 Å². The molecule has 2 aromatic heterocycles. The summed E-state index contributed by atoms with van der Waals surface area (Å²) in [4.78, 5) is 10.4. The van der Waals surface area contributed by atoms with Crippen molar-refractivity contribution in [2.75, 3.05) is 6.54 Å².